The molecule has 1 unspecified atom stereocenters. The van der Waals surface area contributed by atoms with Crippen LogP contribution in [0.2, 0.25) is 0 Å². The molecule has 0 aromatic rings. The average Bonchev–Trinajstić information content (AvgIpc) is 3.12. The quantitative estimate of drug-likeness (QED) is 0.478. The molecule has 0 radical (unpaired) electrons. The predicted octanol–water partition coefficient (Wildman–Crippen LogP) is -0.947. The molecule has 90 valence electrons. The SMILES string of the molecule is NC(=NCC1CN2CCN1CC2)NC1CC1. The molecule has 3 heterocycles. The van der Waals surface area contributed by atoms with Crippen LogP contribution in [-0.4, -0.2) is 67.1 Å². The third-order valence-electron chi connectivity index (χ3n) is 3.79. The van der Waals surface area contributed by atoms with Crippen molar-refractivity contribution in [3.63, 3.8) is 0 Å². The fourth-order valence-corrected chi connectivity index (χ4v) is 2.58. The molecule has 0 aromatic heterocycles. The van der Waals surface area contributed by atoms with Crippen LogP contribution in [0.4, 0.5) is 0 Å². The number of fused-ring (bicyclic) bond motifs is 3. The van der Waals surface area contributed by atoms with Crippen molar-refractivity contribution in [3.05, 3.63) is 0 Å². The maximum atomic E-state index is 5.84. The van der Waals surface area contributed by atoms with Crippen molar-refractivity contribution in [2.45, 2.75) is 24.9 Å². The maximum absolute atomic E-state index is 5.84. The van der Waals surface area contributed by atoms with Crippen molar-refractivity contribution in [1.29, 1.82) is 0 Å². The number of hydrogen-bond donors (Lipinski definition) is 2. The highest BCUT2D eigenvalue weighted by Gasteiger charge is 2.31. The van der Waals surface area contributed by atoms with E-state index in [1.165, 1.54) is 45.6 Å². The lowest BCUT2D eigenvalue weighted by Gasteiger charge is -2.47. The van der Waals surface area contributed by atoms with Crippen LogP contribution in [0.3, 0.4) is 0 Å². The van der Waals surface area contributed by atoms with Gasteiger partial charge in [-0.1, -0.05) is 0 Å². The third-order valence-corrected chi connectivity index (χ3v) is 3.79. The molecule has 0 spiro atoms. The summed E-state index contributed by atoms with van der Waals surface area (Å²) in [5.41, 5.74) is 5.84. The van der Waals surface area contributed by atoms with E-state index in [1.54, 1.807) is 0 Å². The van der Waals surface area contributed by atoms with Gasteiger partial charge in [0.05, 0.1) is 6.54 Å². The van der Waals surface area contributed by atoms with Crippen molar-refractivity contribution in [2.24, 2.45) is 10.7 Å². The van der Waals surface area contributed by atoms with Crippen molar-refractivity contribution in [2.75, 3.05) is 39.3 Å². The number of piperazine rings is 3. The van der Waals surface area contributed by atoms with Crippen LogP contribution >= 0.6 is 0 Å². The minimum absolute atomic E-state index is 0.585. The highest BCUT2D eigenvalue weighted by molar-refractivity contribution is 5.78. The van der Waals surface area contributed by atoms with Crippen molar-refractivity contribution in [3.8, 4) is 0 Å². The number of nitrogens with zero attached hydrogens (tertiary/aromatic N) is 3. The summed E-state index contributed by atoms with van der Waals surface area (Å²) in [6, 6.07) is 1.19. The molecule has 0 amide bonds. The summed E-state index contributed by atoms with van der Waals surface area (Å²) >= 11 is 0. The van der Waals surface area contributed by atoms with E-state index in [0.29, 0.717) is 18.0 Å². The van der Waals surface area contributed by atoms with Crippen LogP contribution in [0.1, 0.15) is 12.8 Å². The van der Waals surface area contributed by atoms with E-state index >= 15 is 0 Å². The fourth-order valence-electron chi connectivity index (χ4n) is 2.58. The second kappa shape index (κ2) is 4.22. The molecule has 3 aliphatic heterocycles. The minimum Gasteiger partial charge on any atom is -0.370 e. The Bertz CT molecular complexity index is 278. The Hall–Kier alpha value is -0.810. The zero-order valence-electron chi connectivity index (χ0n) is 9.73. The Morgan fingerprint density at radius 1 is 1.25 bits per heavy atom. The van der Waals surface area contributed by atoms with Crippen LogP contribution in [0.15, 0.2) is 4.99 Å². The Morgan fingerprint density at radius 2 is 2.00 bits per heavy atom. The van der Waals surface area contributed by atoms with Crippen LogP contribution in [0.5, 0.6) is 0 Å². The minimum atomic E-state index is 0.585. The lowest BCUT2D eigenvalue weighted by molar-refractivity contribution is 0.0174. The molecule has 2 bridgehead atoms. The van der Waals surface area contributed by atoms with Crippen molar-refractivity contribution < 1.29 is 0 Å². The molecule has 5 heteroatoms. The molecule has 1 aliphatic carbocycles. The van der Waals surface area contributed by atoms with E-state index in [0.717, 1.165) is 6.54 Å². The highest BCUT2D eigenvalue weighted by Crippen LogP contribution is 2.18. The summed E-state index contributed by atoms with van der Waals surface area (Å²) in [6.07, 6.45) is 2.50. The van der Waals surface area contributed by atoms with Crippen LogP contribution < -0.4 is 11.1 Å². The number of aliphatic imine (C=N–C) groups is 1. The van der Waals surface area contributed by atoms with Gasteiger partial charge in [-0.05, 0) is 12.8 Å². The third kappa shape index (κ3) is 2.30. The monoisotopic (exact) mass is 223 g/mol. The zero-order chi connectivity index (χ0) is 11.0. The van der Waals surface area contributed by atoms with Gasteiger partial charge in [-0.3, -0.25) is 14.8 Å². The van der Waals surface area contributed by atoms with Gasteiger partial charge in [-0.25, -0.2) is 0 Å². The molecule has 4 rings (SSSR count). The lowest BCUT2D eigenvalue weighted by Crippen LogP contribution is -2.61. The predicted molar refractivity (Wildman–Crippen MR) is 64.4 cm³/mol. The molecule has 5 nitrogen and oxygen atoms in total. The van der Waals surface area contributed by atoms with Crippen molar-refractivity contribution in [1.82, 2.24) is 15.1 Å². The largest absolute Gasteiger partial charge is 0.370 e. The molecule has 4 fully saturated rings. The molecule has 3 saturated heterocycles. The van der Waals surface area contributed by atoms with Crippen LogP contribution in [0.25, 0.3) is 0 Å². The van der Waals surface area contributed by atoms with Gasteiger partial charge in [0.1, 0.15) is 0 Å². The van der Waals surface area contributed by atoms with E-state index in [9.17, 15) is 0 Å². The standard InChI is InChI=1S/C11H21N5/c12-11(14-9-1-2-9)13-7-10-8-15-3-5-16(10)6-4-15/h9-10H,1-8H2,(H3,12,13,14). The Balaban J connectivity index is 1.50. The fraction of sp³-hybridized carbons (Fsp3) is 0.909. The smallest absolute Gasteiger partial charge is 0.188 e. The summed E-state index contributed by atoms with van der Waals surface area (Å²) in [5.74, 6) is 0.639. The average molecular weight is 223 g/mol. The van der Waals surface area contributed by atoms with Gasteiger partial charge in [0, 0.05) is 44.8 Å². The summed E-state index contributed by atoms with van der Waals surface area (Å²) in [5, 5.41) is 3.23. The van der Waals surface area contributed by atoms with Gasteiger partial charge in [0.25, 0.3) is 0 Å². The normalized spacial score (nSPS) is 38.8. The Kier molecular flexibility index (Phi) is 2.73. The second-order valence-electron chi connectivity index (χ2n) is 5.13. The lowest BCUT2D eigenvalue weighted by atomic mass is 10.1. The molecule has 3 N–H and O–H groups in total. The molecule has 4 aliphatic rings. The first kappa shape index (κ1) is 10.4. The summed E-state index contributed by atoms with van der Waals surface area (Å²) in [6.45, 7) is 6.89. The zero-order valence-corrected chi connectivity index (χ0v) is 9.73. The first-order chi connectivity index (χ1) is 7.81. The Morgan fingerprint density at radius 3 is 2.56 bits per heavy atom. The number of guanidine groups is 1. The van der Waals surface area contributed by atoms with E-state index in [1.807, 2.05) is 0 Å². The first-order valence-electron chi connectivity index (χ1n) is 6.34. The molecular formula is C11H21N5. The first-order valence-corrected chi connectivity index (χ1v) is 6.34. The maximum Gasteiger partial charge on any atom is 0.188 e. The van der Waals surface area contributed by atoms with E-state index in [-0.39, 0.29) is 0 Å². The van der Waals surface area contributed by atoms with Gasteiger partial charge in [0.15, 0.2) is 5.96 Å². The topological polar surface area (TPSA) is 56.9 Å². The molecule has 1 atom stereocenters. The number of nitrogens with two attached hydrogens (primary N) is 1. The molecule has 1 saturated carbocycles. The van der Waals surface area contributed by atoms with E-state index < -0.39 is 0 Å². The molecule has 16 heavy (non-hydrogen) atoms. The summed E-state index contributed by atoms with van der Waals surface area (Å²) < 4.78 is 0. The van der Waals surface area contributed by atoms with E-state index in [4.69, 9.17) is 5.73 Å². The van der Waals surface area contributed by atoms with E-state index in [2.05, 4.69) is 20.1 Å². The van der Waals surface area contributed by atoms with Crippen molar-refractivity contribution >= 4 is 5.96 Å². The second-order valence-corrected chi connectivity index (χ2v) is 5.13. The van der Waals surface area contributed by atoms with Gasteiger partial charge >= 0.3 is 0 Å². The van der Waals surface area contributed by atoms with Gasteiger partial charge < -0.3 is 11.1 Å². The van der Waals surface area contributed by atoms with Gasteiger partial charge in [-0.15, -0.1) is 0 Å². The summed E-state index contributed by atoms with van der Waals surface area (Å²) in [4.78, 5) is 9.54. The summed E-state index contributed by atoms with van der Waals surface area (Å²) in [7, 11) is 0. The Labute approximate surface area is 96.7 Å². The molecular weight excluding hydrogens is 202 g/mol. The van der Waals surface area contributed by atoms with Crippen LogP contribution in [0, 0.1) is 0 Å². The van der Waals surface area contributed by atoms with Crippen LogP contribution in [-0.2, 0) is 0 Å². The number of rotatable bonds is 3. The number of hydrogen-bond acceptors (Lipinski definition) is 3. The molecule has 0 aromatic carbocycles. The highest BCUT2D eigenvalue weighted by atomic mass is 15.3. The van der Waals surface area contributed by atoms with Gasteiger partial charge in [-0.2, -0.15) is 0 Å². The number of nitrogens with one attached hydrogen (secondary N) is 1. The van der Waals surface area contributed by atoms with Gasteiger partial charge in [0.2, 0.25) is 0 Å².